The van der Waals surface area contributed by atoms with Crippen molar-refractivity contribution < 1.29 is 22.7 Å². The van der Waals surface area contributed by atoms with Crippen LogP contribution in [0.5, 0.6) is 0 Å². The quantitative estimate of drug-likeness (QED) is 0.352. The van der Waals surface area contributed by atoms with Crippen LogP contribution in [0.4, 0.5) is 10.2 Å². The van der Waals surface area contributed by atoms with Crippen molar-refractivity contribution in [2.75, 3.05) is 5.32 Å². The highest BCUT2D eigenvalue weighted by Gasteiger charge is 2.32. The van der Waals surface area contributed by atoms with Crippen LogP contribution < -0.4 is 5.32 Å². The largest absolute Gasteiger partial charge is 0.481 e. The molecule has 12 heteroatoms. The standard InChI is InChI=1S/C25H23ClFN5O4S/c1-14-6-8-16(9-7-14)37(35,36)32-13-19(18-10-15(26)11-29-24(18)32)22-28-12-20(27)23(31-22)30-21-5-3-2-4-17(21)25(33)34/h6-13,17,21H,2-5H2,1H3,(H,33,34)(H,28,30,31). The predicted molar refractivity (Wildman–Crippen MR) is 136 cm³/mol. The molecule has 0 saturated heterocycles. The van der Waals surface area contributed by atoms with Crippen molar-refractivity contribution >= 4 is 44.4 Å². The maximum Gasteiger partial charge on any atom is 0.308 e. The van der Waals surface area contributed by atoms with Crippen LogP contribution in [0.25, 0.3) is 22.4 Å². The number of fused-ring (bicyclic) bond motifs is 1. The highest BCUT2D eigenvalue weighted by molar-refractivity contribution is 7.90. The minimum atomic E-state index is -4.04. The molecule has 2 atom stereocenters. The Hall–Kier alpha value is -3.57. The number of pyridine rings is 1. The zero-order chi connectivity index (χ0) is 26.3. The highest BCUT2D eigenvalue weighted by atomic mass is 35.5. The Morgan fingerprint density at radius 2 is 1.89 bits per heavy atom. The first-order valence-electron chi connectivity index (χ1n) is 11.7. The Morgan fingerprint density at radius 1 is 1.16 bits per heavy atom. The summed E-state index contributed by atoms with van der Waals surface area (Å²) in [6.45, 7) is 1.85. The van der Waals surface area contributed by atoms with E-state index in [9.17, 15) is 22.7 Å². The minimum Gasteiger partial charge on any atom is -0.481 e. The molecule has 2 unspecified atom stereocenters. The van der Waals surface area contributed by atoms with Gasteiger partial charge in [0.1, 0.15) is 0 Å². The Balaban J connectivity index is 1.61. The molecular formula is C25H23ClFN5O4S. The molecule has 0 bridgehead atoms. The van der Waals surface area contributed by atoms with Crippen LogP contribution in [0, 0.1) is 18.7 Å². The number of aliphatic carboxylic acids is 1. The molecular weight excluding hydrogens is 521 g/mol. The molecule has 1 aliphatic carbocycles. The molecule has 0 radical (unpaired) electrons. The first-order chi connectivity index (χ1) is 17.6. The van der Waals surface area contributed by atoms with Crippen LogP contribution >= 0.6 is 11.6 Å². The van der Waals surface area contributed by atoms with Crippen LogP contribution in [-0.2, 0) is 14.8 Å². The molecule has 2 N–H and O–H groups in total. The summed E-state index contributed by atoms with van der Waals surface area (Å²) in [6.07, 6.45) is 6.29. The van der Waals surface area contributed by atoms with Crippen LogP contribution in [0.3, 0.4) is 0 Å². The van der Waals surface area contributed by atoms with E-state index < -0.39 is 33.8 Å². The first kappa shape index (κ1) is 25.1. The van der Waals surface area contributed by atoms with Gasteiger partial charge in [0.15, 0.2) is 23.1 Å². The Morgan fingerprint density at radius 3 is 2.62 bits per heavy atom. The van der Waals surface area contributed by atoms with Crippen molar-refractivity contribution in [2.45, 2.75) is 43.5 Å². The van der Waals surface area contributed by atoms with E-state index in [1.807, 2.05) is 6.92 Å². The van der Waals surface area contributed by atoms with Crippen molar-refractivity contribution in [3.8, 4) is 11.4 Å². The normalized spacial score (nSPS) is 18.1. The number of anilines is 1. The van der Waals surface area contributed by atoms with Crippen molar-refractivity contribution in [2.24, 2.45) is 5.92 Å². The number of carboxylic acid groups (broad SMARTS) is 1. The molecule has 5 rings (SSSR count). The van der Waals surface area contributed by atoms with E-state index in [-0.39, 0.29) is 32.8 Å². The lowest BCUT2D eigenvalue weighted by Crippen LogP contribution is -2.37. The monoisotopic (exact) mass is 543 g/mol. The number of carboxylic acids is 1. The number of hydrogen-bond acceptors (Lipinski definition) is 7. The summed E-state index contributed by atoms with van der Waals surface area (Å²) in [7, 11) is -4.04. The van der Waals surface area contributed by atoms with Gasteiger partial charge >= 0.3 is 5.97 Å². The molecule has 4 aromatic rings. The van der Waals surface area contributed by atoms with Crippen molar-refractivity contribution in [1.82, 2.24) is 18.9 Å². The van der Waals surface area contributed by atoms with Gasteiger partial charge < -0.3 is 10.4 Å². The summed E-state index contributed by atoms with van der Waals surface area (Å²) < 4.78 is 42.7. The van der Waals surface area contributed by atoms with Crippen LogP contribution in [0.2, 0.25) is 5.02 Å². The van der Waals surface area contributed by atoms with E-state index in [1.165, 1.54) is 24.5 Å². The molecule has 0 amide bonds. The minimum absolute atomic E-state index is 0.0403. The van der Waals surface area contributed by atoms with Gasteiger partial charge in [-0.05, 0) is 38.0 Å². The number of nitrogens with zero attached hydrogens (tertiary/aromatic N) is 4. The smallest absolute Gasteiger partial charge is 0.308 e. The van der Waals surface area contributed by atoms with Crippen LogP contribution in [0.15, 0.2) is 53.8 Å². The van der Waals surface area contributed by atoms with E-state index in [2.05, 4.69) is 20.3 Å². The van der Waals surface area contributed by atoms with Gasteiger partial charge in [-0.1, -0.05) is 42.1 Å². The maximum absolute atomic E-state index is 14.7. The fourth-order valence-corrected chi connectivity index (χ4v) is 6.09. The summed E-state index contributed by atoms with van der Waals surface area (Å²) in [6, 6.07) is 7.45. The molecule has 37 heavy (non-hydrogen) atoms. The van der Waals surface area contributed by atoms with Gasteiger partial charge in [0.05, 0.1) is 22.0 Å². The predicted octanol–water partition coefficient (Wildman–Crippen LogP) is 4.89. The first-order valence-corrected chi connectivity index (χ1v) is 13.5. The second-order valence-electron chi connectivity index (χ2n) is 9.05. The van der Waals surface area contributed by atoms with Gasteiger partial charge in [0.2, 0.25) is 0 Å². The molecule has 192 valence electrons. The molecule has 0 aliphatic heterocycles. The van der Waals surface area contributed by atoms with Gasteiger partial charge in [0, 0.05) is 29.4 Å². The fourth-order valence-electron chi connectivity index (χ4n) is 4.61. The SMILES string of the molecule is Cc1ccc(S(=O)(=O)n2cc(-c3ncc(F)c(NC4CCCCC4C(=O)O)n3)c3cc(Cl)cnc32)cc1. The lowest BCUT2D eigenvalue weighted by Gasteiger charge is -2.29. The average Bonchev–Trinajstić information content (AvgIpc) is 3.25. The number of nitrogens with one attached hydrogen (secondary N) is 1. The van der Waals surface area contributed by atoms with Crippen LogP contribution in [0.1, 0.15) is 31.2 Å². The molecule has 3 aromatic heterocycles. The van der Waals surface area contributed by atoms with Crippen molar-refractivity contribution in [3.05, 3.63) is 65.3 Å². The second kappa shape index (κ2) is 9.71. The zero-order valence-corrected chi connectivity index (χ0v) is 21.3. The van der Waals surface area contributed by atoms with Crippen LogP contribution in [-0.4, -0.2) is 44.5 Å². The lowest BCUT2D eigenvalue weighted by molar-refractivity contribution is -0.143. The maximum atomic E-state index is 14.7. The number of halogens is 2. The zero-order valence-electron chi connectivity index (χ0n) is 19.7. The summed E-state index contributed by atoms with van der Waals surface area (Å²) in [5.74, 6) is -2.47. The Labute approximate surface area is 217 Å². The fraction of sp³-hybridized carbons (Fsp3) is 0.280. The second-order valence-corrected chi connectivity index (χ2v) is 11.3. The number of aromatic nitrogens is 4. The molecule has 9 nitrogen and oxygen atoms in total. The van der Waals surface area contributed by atoms with Gasteiger partial charge in [-0.2, -0.15) is 0 Å². The summed E-state index contributed by atoms with van der Waals surface area (Å²) >= 11 is 6.18. The topological polar surface area (TPSA) is 127 Å². The molecule has 1 saturated carbocycles. The molecule has 1 fully saturated rings. The lowest BCUT2D eigenvalue weighted by atomic mass is 9.84. The number of benzene rings is 1. The van der Waals surface area contributed by atoms with E-state index in [4.69, 9.17) is 11.6 Å². The van der Waals surface area contributed by atoms with E-state index in [0.717, 1.165) is 28.6 Å². The Bertz CT molecular complexity index is 1610. The summed E-state index contributed by atoms with van der Waals surface area (Å²) in [4.78, 5) is 24.4. The summed E-state index contributed by atoms with van der Waals surface area (Å²) in [5, 5.41) is 13.2. The number of carbonyl (C=O) groups is 1. The third kappa shape index (κ3) is 4.76. The molecule has 1 aliphatic rings. The van der Waals surface area contributed by atoms with Gasteiger partial charge in [-0.25, -0.2) is 31.7 Å². The van der Waals surface area contributed by atoms with Crippen molar-refractivity contribution in [1.29, 1.82) is 0 Å². The van der Waals surface area contributed by atoms with E-state index in [0.29, 0.717) is 18.2 Å². The molecule has 3 heterocycles. The number of aryl methyl sites for hydroxylation is 1. The highest BCUT2D eigenvalue weighted by Crippen LogP contribution is 2.33. The van der Waals surface area contributed by atoms with Gasteiger partial charge in [-0.15, -0.1) is 0 Å². The third-order valence-electron chi connectivity index (χ3n) is 6.55. The number of rotatable bonds is 6. The van der Waals surface area contributed by atoms with E-state index in [1.54, 1.807) is 18.2 Å². The molecule has 1 aromatic carbocycles. The number of hydrogen-bond donors (Lipinski definition) is 2. The van der Waals surface area contributed by atoms with E-state index >= 15 is 0 Å². The third-order valence-corrected chi connectivity index (χ3v) is 8.42. The average molecular weight is 544 g/mol. The Kier molecular flexibility index (Phi) is 6.59. The van der Waals surface area contributed by atoms with Crippen molar-refractivity contribution in [3.63, 3.8) is 0 Å². The summed E-state index contributed by atoms with van der Waals surface area (Å²) in [5.41, 5.74) is 1.30. The van der Waals surface area contributed by atoms with Gasteiger partial charge in [0.25, 0.3) is 10.0 Å². The van der Waals surface area contributed by atoms with Gasteiger partial charge in [-0.3, -0.25) is 4.79 Å². The molecule has 0 spiro atoms.